The molecule has 0 fully saturated rings. The van der Waals surface area contributed by atoms with Gasteiger partial charge < -0.3 is 20.3 Å². The van der Waals surface area contributed by atoms with Crippen LogP contribution in [-0.2, 0) is 16.0 Å². The zero-order chi connectivity index (χ0) is 13.7. The van der Waals surface area contributed by atoms with Crippen molar-refractivity contribution in [2.45, 2.75) is 12.5 Å². The van der Waals surface area contributed by atoms with Crippen molar-refractivity contribution in [1.82, 2.24) is 0 Å². The van der Waals surface area contributed by atoms with Crippen LogP contribution in [0.5, 0.6) is 5.75 Å². The van der Waals surface area contributed by atoms with E-state index in [0.29, 0.717) is 11.3 Å². The molecule has 0 radical (unpaired) electrons. The summed E-state index contributed by atoms with van der Waals surface area (Å²) in [5.74, 6) is -1.26. The Balaban J connectivity index is 2.98. The molecule has 0 bridgehead atoms. The van der Waals surface area contributed by atoms with Crippen molar-refractivity contribution in [2.75, 3.05) is 14.2 Å². The Morgan fingerprint density at radius 2 is 2.06 bits per heavy atom. The normalized spacial score (nSPS) is 11.7. The highest BCUT2D eigenvalue weighted by molar-refractivity contribution is 5.92. The van der Waals surface area contributed by atoms with Crippen molar-refractivity contribution in [3.05, 3.63) is 29.3 Å². The Bertz CT molecular complexity index is 458. The second kappa shape index (κ2) is 6.02. The Morgan fingerprint density at radius 3 is 2.56 bits per heavy atom. The second-order valence-electron chi connectivity index (χ2n) is 3.68. The first-order valence-corrected chi connectivity index (χ1v) is 5.23. The average Bonchev–Trinajstić information content (AvgIpc) is 2.37. The van der Waals surface area contributed by atoms with E-state index in [2.05, 4.69) is 4.74 Å². The number of nitrogens with two attached hydrogens (primary N) is 1. The van der Waals surface area contributed by atoms with Gasteiger partial charge in [0.1, 0.15) is 17.4 Å². The van der Waals surface area contributed by atoms with Crippen LogP contribution in [0, 0.1) is 0 Å². The van der Waals surface area contributed by atoms with E-state index in [4.69, 9.17) is 15.6 Å². The van der Waals surface area contributed by atoms with Gasteiger partial charge in [0, 0.05) is 0 Å². The van der Waals surface area contributed by atoms with Gasteiger partial charge in [-0.05, 0) is 24.1 Å². The van der Waals surface area contributed by atoms with E-state index in [0.717, 1.165) is 0 Å². The summed E-state index contributed by atoms with van der Waals surface area (Å²) < 4.78 is 9.66. The molecule has 1 atom stereocenters. The quantitative estimate of drug-likeness (QED) is 0.738. The number of hydrogen-bond donors (Lipinski definition) is 2. The molecule has 18 heavy (non-hydrogen) atoms. The molecule has 0 amide bonds. The molecule has 0 aliphatic carbocycles. The number of aliphatic carboxylic acids is 1. The highest BCUT2D eigenvalue weighted by Crippen LogP contribution is 2.21. The molecular formula is C12H15NO5. The Morgan fingerprint density at radius 1 is 1.39 bits per heavy atom. The highest BCUT2D eigenvalue weighted by Gasteiger charge is 2.16. The maximum Gasteiger partial charge on any atom is 0.341 e. The molecule has 0 aliphatic heterocycles. The second-order valence-corrected chi connectivity index (χ2v) is 3.68. The van der Waals surface area contributed by atoms with Gasteiger partial charge in [0.2, 0.25) is 0 Å². The molecule has 0 spiro atoms. The van der Waals surface area contributed by atoms with Crippen LogP contribution in [0.4, 0.5) is 0 Å². The first kappa shape index (κ1) is 14.0. The summed E-state index contributed by atoms with van der Waals surface area (Å²) in [4.78, 5) is 22.1. The van der Waals surface area contributed by atoms with Crippen molar-refractivity contribution in [3.8, 4) is 5.75 Å². The number of carboxylic acids is 1. The lowest BCUT2D eigenvalue weighted by Gasteiger charge is -2.11. The Hall–Kier alpha value is -2.08. The molecule has 0 saturated heterocycles. The molecule has 6 nitrogen and oxygen atoms in total. The fourth-order valence-corrected chi connectivity index (χ4v) is 1.48. The fourth-order valence-electron chi connectivity index (χ4n) is 1.48. The van der Waals surface area contributed by atoms with Crippen LogP contribution in [-0.4, -0.2) is 37.3 Å². The van der Waals surface area contributed by atoms with E-state index in [1.54, 1.807) is 12.1 Å². The molecule has 0 saturated carbocycles. The number of esters is 1. The van der Waals surface area contributed by atoms with E-state index >= 15 is 0 Å². The summed E-state index contributed by atoms with van der Waals surface area (Å²) in [6.45, 7) is 0. The molecule has 1 aromatic carbocycles. The largest absolute Gasteiger partial charge is 0.496 e. The van der Waals surface area contributed by atoms with Crippen molar-refractivity contribution in [1.29, 1.82) is 0 Å². The number of benzene rings is 1. The van der Waals surface area contributed by atoms with Crippen LogP contribution < -0.4 is 10.5 Å². The van der Waals surface area contributed by atoms with Crippen molar-refractivity contribution >= 4 is 11.9 Å². The van der Waals surface area contributed by atoms with Gasteiger partial charge in [0.05, 0.1) is 14.2 Å². The summed E-state index contributed by atoms with van der Waals surface area (Å²) in [6.07, 6.45) is 0.160. The van der Waals surface area contributed by atoms with Crippen LogP contribution in [0.2, 0.25) is 0 Å². The lowest BCUT2D eigenvalue weighted by molar-refractivity contribution is -0.138. The third-order valence-electron chi connectivity index (χ3n) is 2.44. The van der Waals surface area contributed by atoms with E-state index in [9.17, 15) is 9.59 Å². The zero-order valence-corrected chi connectivity index (χ0v) is 10.2. The van der Waals surface area contributed by atoms with Gasteiger partial charge in [-0.1, -0.05) is 6.07 Å². The molecule has 0 aromatic heterocycles. The lowest BCUT2D eigenvalue weighted by Crippen LogP contribution is -2.32. The predicted octanol–water partition coefficient (Wildman–Crippen LogP) is 0.436. The molecular weight excluding hydrogens is 238 g/mol. The number of methoxy groups -OCH3 is 2. The predicted molar refractivity (Wildman–Crippen MR) is 63.6 cm³/mol. The van der Waals surface area contributed by atoms with Gasteiger partial charge in [-0.25, -0.2) is 4.79 Å². The summed E-state index contributed by atoms with van der Waals surface area (Å²) >= 11 is 0. The summed E-state index contributed by atoms with van der Waals surface area (Å²) in [5.41, 5.74) is 6.39. The number of carbonyl (C=O) groups is 2. The van der Waals surface area contributed by atoms with Gasteiger partial charge in [-0.3, -0.25) is 4.79 Å². The average molecular weight is 253 g/mol. The molecule has 1 unspecified atom stereocenters. The minimum Gasteiger partial charge on any atom is -0.496 e. The maximum absolute atomic E-state index is 11.4. The molecule has 3 N–H and O–H groups in total. The number of hydrogen-bond acceptors (Lipinski definition) is 5. The molecule has 1 rings (SSSR count). The molecule has 98 valence electrons. The first-order valence-electron chi connectivity index (χ1n) is 5.23. The van der Waals surface area contributed by atoms with Crippen LogP contribution >= 0.6 is 0 Å². The third kappa shape index (κ3) is 3.21. The molecule has 0 heterocycles. The van der Waals surface area contributed by atoms with Crippen LogP contribution in [0.25, 0.3) is 0 Å². The van der Waals surface area contributed by atoms with E-state index < -0.39 is 18.0 Å². The van der Waals surface area contributed by atoms with Crippen molar-refractivity contribution < 1.29 is 24.2 Å². The molecule has 0 aliphatic rings. The van der Waals surface area contributed by atoms with E-state index in [1.807, 2.05) is 0 Å². The highest BCUT2D eigenvalue weighted by atomic mass is 16.5. The van der Waals surface area contributed by atoms with Crippen molar-refractivity contribution in [2.24, 2.45) is 5.73 Å². The smallest absolute Gasteiger partial charge is 0.341 e. The monoisotopic (exact) mass is 253 g/mol. The van der Waals surface area contributed by atoms with Crippen molar-refractivity contribution in [3.63, 3.8) is 0 Å². The number of carboxylic acid groups (broad SMARTS) is 1. The van der Waals surface area contributed by atoms with Gasteiger partial charge in [-0.2, -0.15) is 0 Å². The van der Waals surface area contributed by atoms with Crippen LogP contribution in [0.15, 0.2) is 18.2 Å². The lowest BCUT2D eigenvalue weighted by atomic mass is 10.0. The van der Waals surface area contributed by atoms with E-state index in [-0.39, 0.29) is 12.0 Å². The Kier molecular flexibility index (Phi) is 4.67. The topological polar surface area (TPSA) is 98.9 Å². The van der Waals surface area contributed by atoms with Gasteiger partial charge >= 0.3 is 11.9 Å². The zero-order valence-electron chi connectivity index (χ0n) is 10.2. The summed E-state index contributed by atoms with van der Waals surface area (Å²) in [6, 6.07) is 3.74. The van der Waals surface area contributed by atoms with E-state index in [1.165, 1.54) is 20.3 Å². The number of rotatable bonds is 5. The minimum absolute atomic E-state index is 0.160. The minimum atomic E-state index is -1.08. The summed E-state index contributed by atoms with van der Waals surface area (Å²) in [7, 11) is 2.69. The van der Waals surface area contributed by atoms with Gasteiger partial charge in [0.15, 0.2) is 0 Å². The molecule has 6 heteroatoms. The maximum atomic E-state index is 11.4. The molecule has 1 aromatic rings. The number of carbonyl (C=O) groups excluding carboxylic acids is 1. The van der Waals surface area contributed by atoms with Gasteiger partial charge in [0.25, 0.3) is 0 Å². The fraction of sp³-hybridized carbons (Fsp3) is 0.333. The standard InChI is InChI=1S/C12H15NO5/c1-17-10-6-7(5-9(13)11(14)15)3-4-8(10)12(16)18-2/h3-4,6,9H,5,13H2,1-2H3,(H,14,15). The SMILES string of the molecule is COC(=O)c1ccc(CC(N)C(=O)O)cc1OC. The number of ether oxygens (including phenoxy) is 2. The third-order valence-corrected chi connectivity index (χ3v) is 2.44. The van der Waals surface area contributed by atoms with Crippen LogP contribution in [0.3, 0.4) is 0 Å². The van der Waals surface area contributed by atoms with Gasteiger partial charge in [-0.15, -0.1) is 0 Å². The first-order chi connectivity index (χ1) is 8.49. The Labute approximate surface area is 104 Å². The van der Waals surface area contributed by atoms with Crippen LogP contribution in [0.1, 0.15) is 15.9 Å². The summed E-state index contributed by atoms with van der Waals surface area (Å²) in [5, 5.41) is 8.72.